The van der Waals surface area contributed by atoms with Crippen molar-refractivity contribution in [3.8, 4) is 5.69 Å². The predicted octanol–water partition coefficient (Wildman–Crippen LogP) is 1.75. The number of nitrogens with one attached hydrogen (secondary N) is 1. The van der Waals surface area contributed by atoms with E-state index < -0.39 is 0 Å². The van der Waals surface area contributed by atoms with E-state index in [1.807, 2.05) is 29.1 Å². The fraction of sp³-hybridized carbons (Fsp3) is 0.357. The van der Waals surface area contributed by atoms with Gasteiger partial charge >= 0.3 is 0 Å². The topological polar surface area (TPSA) is 39.1 Å². The van der Waals surface area contributed by atoms with Gasteiger partial charge < -0.3 is 10.1 Å². The highest BCUT2D eigenvalue weighted by molar-refractivity contribution is 5.30. The Balaban J connectivity index is 1.63. The number of nitrogens with zero attached hydrogens (tertiary/aromatic N) is 2. The Morgan fingerprint density at radius 2 is 2.22 bits per heavy atom. The molecule has 4 heteroatoms. The molecule has 3 rings (SSSR count). The van der Waals surface area contributed by atoms with Gasteiger partial charge in [0.2, 0.25) is 0 Å². The number of hydrogen-bond donors (Lipinski definition) is 1. The first-order chi connectivity index (χ1) is 8.92. The fourth-order valence-electron chi connectivity index (χ4n) is 2.13. The average molecular weight is 243 g/mol. The van der Waals surface area contributed by atoms with E-state index in [1.54, 1.807) is 0 Å². The van der Waals surface area contributed by atoms with Gasteiger partial charge in [0.1, 0.15) is 0 Å². The maximum atomic E-state index is 5.34. The van der Waals surface area contributed by atoms with Crippen LogP contribution < -0.4 is 5.32 Å². The van der Waals surface area contributed by atoms with Crippen LogP contribution in [0.5, 0.6) is 0 Å². The largest absolute Gasteiger partial charge is 0.380 e. The summed E-state index contributed by atoms with van der Waals surface area (Å²) in [4.78, 5) is 0. The van der Waals surface area contributed by atoms with Crippen molar-refractivity contribution in [1.82, 2.24) is 15.1 Å². The monoisotopic (exact) mass is 243 g/mol. The lowest BCUT2D eigenvalue weighted by Crippen LogP contribution is -2.28. The first-order valence-electron chi connectivity index (χ1n) is 6.32. The van der Waals surface area contributed by atoms with Crippen molar-refractivity contribution in [1.29, 1.82) is 0 Å². The van der Waals surface area contributed by atoms with Crippen molar-refractivity contribution in [3.63, 3.8) is 0 Å². The van der Waals surface area contributed by atoms with Crippen LogP contribution in [-0.4, -0.2) is 29.0 Å². The Bertz CT molecular complexity index is 489. The molecule has 0 bridgehead atoms. The van der Waals surface area contributed by atoms with Gasteiger partial charge in [-0.15, -0.1) is 0 Å². The van der Waals surface area contributed by atoms with E-state index in [-0.39, 0.29) is 0 Å². The van der Waals surface area contributed by atoms with Crippen LogP contribution in [0.4, 0.5) is 0 Å². The van der Waals surface area contributed by atoms with Crippen LogP contribution in [0, 0.1) is 0 Å². The van der Waals surface area contributed by atoms with Crippen LogP contribution in [-0.2, 0) is 11.3 Å². The number of ether oxygens (including phenoxy) is 1. The summed E-state index contributed by atoms with van der Waals surface area (Å²) in [5.74, 6) is 0. The van der Waals surface area contributed by atoms with Gasteiger partial charge in [0.25, 0.3) is 0 Å². The van der Waals surface area contributed by atoms with Crippen LogP contribution in [0.25, 0.3) is 5.69 Å². The number of aromatic nitrogens is 2. The second-order valence-electron chi connectivity index (χ2n) is 4.57. The zero-order valence-corrected chi connectivity index (χ0v) is 10.2. The molecule has 4 nitrogen and oxygen atoms in total. The van der Waals surface area contributed by atoms with Gasteiger partial charge in [0.15, 0.2) is 0 Å². The number of rotatable bonds is 4. The highest BCUT2D eigenvalue weighted by atomic mass is 16.5. The van der Waals surface area contributed by atoms with Crippen LogP contribution in [0.2, 0.25) is 0 Å². The molecule has 0 amide bonds. The van der Waals surface area contributed by atoms with Gasteiger partial charge in [0.05, 0.1) is 18.5 Å². The molecule has 1 aromatic carbocycles. The molecule has 1 aliphatic rings. The minimum atomic E-state index is 0.491. The van der Waals surface area contributed by atoms with Crippen LogP contribution in [0.15, 0.2) is 42.7 Å². The summed E-state index contributed by atoms with van der Waals surface area (Å²) in [5.41, 5.74) is 2.29. The minimum Gasteiger partial charge on any atom is -0.380 e. The zero-order chi connectivity index (χ0) is 12.2. The molecule has 2 heterocycles. The molecule has 1 unspecified atom stereocenters. The Kier molecular flexibility index (Phi) is 3.39. The molecule has 18 heavy (non-hydrogen) atoms. The van der Waals surface area contributed by atoms with Gasteiger partial charge in [-0.3, -0.25) is 0 Å². The molecule has 0 saturated carbocycles. The molecule has 1 atom stereocenters. The Hall–Kier alpha value is -1.65. The van der Waals surface area contributed by atoms with E-state index in [4.69, 9.17) is 4.74 Å². The lowest BCUT2D eigenvalue weighted by molar-refractivity contribution is 0.190. The summed E-state index contributed by atoms with van der Waals surface area (Å²) in [6.07, 6.45) is 5.08. The first kappa shape index (κ1) is 11.4. The molecule has 1 fully saturated rings. The third-order valence-electron chi connectivity index (χ3n) is 3.18. The lowest BCUT2D eigenvalue weighted by Gasteiger charge is -2.08. The summed E-state index contributed by atoms with van der Waals surface area (Å²) in [6, 6.07) is 10.6. The molecule has 1 saturated heterocycles. The van der Waals surface area contributed by atoms with Crippen LogP contribution in [0.3, 0.4) is 0 Å². The van der Waals surface area contributed by atoms with Crippen molar-refractivity contribution in [2.75, 3.05) is 13.2 Å². The van der Waals surface area contributed by atoms with E-state index in [1.165, 1.54) is 5.56 Å². The third-order valence-corrected chi connectivity index (χ3v) is 3.18. The molecule has 94 valence electrons. The summed E-state index contributed by atoms with van der Waals surface area (Å²) < 4.78 is 7.24. The highest BCUT2D eigenvalue weighted by Gasteiger charge is 2.14. The summed E-state index contributed by atoms with van der Waals surface area (Å²) >= 11 is 0. The van der Waals surface area contributed by atoms with E-state index in [9.17, 15) is 0 Å². The van der Waals surface area contributed by atoms with E-state index >= 15 is 0 Å². The number of benzene rings is 1. The van der Waals surface area contributed by atoms with E-state index in [0.29, 0.717) is 6.04 Å². The fourth-order valence-corrected chi connectivity index (χ4v) is 2.13. The van der Waals surface area contributed by atoms with E-state index in [2.05, 4.69) is 28.7 Å². The normalized spacial score (nSPS) is 19.2. The minimum absolute atomic E-state index is 0.491. The number of hydrogen-bond acceptors (Lipinski definition) is 3. The van der Waals surface area contributed by atoms with Gasteiger partial charge in [-0.05, 0) is 18.6 Å². The lowest BCUT2D eigenvalue weighted by atomic mass is 10.2. The quantitative estimate of drug-likeness (QED) is 0.889. The summed E-state index contributed by atoms with van der Waals surface area (Å²) in [5, 5.41) is 7.86. The van der Waals surface area contributed by atoms with Crippen molar-refractivity contribution < 1.29 is 4.74 Å². The van der Waals surface area contributed by atoms with Crippen molar-refractivity contribution >= 4 is 0 Å². The number of para-hydroxylation sites is 1. The Labute approximate surface area is 107 Å². The van der Waals surface area contributed by atoms with Gasteiger partial charge in [0, 0.05) is 31.0 Å². The second-order valence-corrected chi connectivity index (χ2v) is 4.57. The predicted molar refractivity (Wildman–Crippen MR) is 69.6 cm³/mol. The van der Waals surface area contributed by atoms with Crippen molar-refractivity contribution in [3.05, 3.63) is 48.3 Å². The maximum Gasteiger partial charge on any atom is 0.0645 e. The zero-order valence-electron chi connectivity index (χ0n) is 10.2. The third kappa shape index (κ3) is 2.60. The molecule has 2 aromatic rings. The smallest absolute Gasteiger partial charge is 0.0645 e. The summed E-state index contributed by atoms with van der Waals surface area (Å²) in [7, 11) is 0. The van der Waals surface area contributed by atoms with Crippen LogP contribution >= 0.6 is 0 Å². The molecule has 0 spiro atoms. The Morgan fingerprint density at radius 1 is 1.33 bits per heavy atom. The maximum absolute atomic E-state index is 5.34. The summed E-state index contributed by atoms with van der Waals surface area (Å²) in [6.45, 7) is 2.55. The first-order valence-corrected chi connectivity index (χ1v) is 6.32. The second kappa shape index (κ2) is 5.33. The average Bonchev–Trinajstić information content (AvgIpc) is 3.09. The van der Waals surface area contributed by atoms with Crippen molar-refractivity contribution in [2.24, 2.45) is 0 Å². The van der Waals surface area contributed by atoms with E-state index in [0.717, 1.165) is 31.9 Å². The highest BCUT2D eigenvalue weighted by Crippen LogP contribution is 2.09. The Morgan fingerprint density at radius 3 is 3.00 bits per heavy atom. The molecule has 1 N–H and O–H groups in total. The van der Waals surface area contributed by atoms with Crippen molar-refractivity contribution in [2.45, 2.75) is 19.0 Å². The molecule has 0 aliphatic carbocycles. The van der Waals surface area contributed by atoms with Crippen LogP contribution in [0.1, 0.15) is 12.0 Å². The standard InChI is InChI=1S/C14H17N3O/c1-2-4-14(5-3-1)17-10-12(9-16-17)8-15-13-6-7-18-11-13/h1-5,9-10,13,15H,6-8,11H2. The molecular formula is C14H17N3O. The SMILES string of the molecule is c1ccc(-n2cc(CNC3CCOC3)cn2)cc1. The molecule has 1 aliphatic heterocycles. The van der Waals surface area contributed by atoms with Gasteiger partial charge in [-0.1, -0.05) is 18.2 Å². The molecular weight excluding hydrogens is 226 g/mol. The van der Waals surface area contributed by atoms with Gasteiger partial charge in [-0.25, -0.2) is 4.68 Å². The molecule has 1 aromatic heterocycles. The van der Waals surface area contributed by atoms with Gasteiger partial charge in [-0.2, -0.15) is 5.10 Å². The molecule has 0 radical (unpaired) electrons.